The van der Waals surface area contributed by atoms with Crippen molar-refractivity contribution in [1.82, 2.24) is 4.98 Å². The number of nitrogens with zero attached hydrogens (tertiary/aromatic N) is 1. The van der Waals surface area contributed by atoms with Gasteiger partial charge in [0.25, 0.3) is 0 Å². The van der Waals surface area contributed by atoms with Crippen LogP contribution in [0.4, 0.5) is 0 Å². The largest absolute Gasteiger partial charge is 0.396 e. The molecular weight excluding hydrogens is 210 g/mol. The van der Waals surface area contributed by atoms with Crippen molar-refractivity contribution in [1.29, 1.82) is 0 Å². The molecule has 1 rings (SSSR count). The van der Waals surface area contributed by atoms with Crippen LogP contribution in [-0.4, -0.2) is 28.4 Å². The van der Waals surface area contributed by atoms with Crippen molar-refractivity contribution in [2.75, 3.05) is 13.2 Å². The molecule has 84 valence electrons. The molecule has 0 aliphatic heterocycles. The second kappa shape index (κ2) is 6.00. The zero-order chi connectivity index (χ0) is 11.3. The second-order valence-electron chi connectivity index (χ2n) is 3.57. The topological polar surface area (TPSA) is 53.4 Å². The van der Waals surface area contributed by atoms with Gasteiger partial charge in [0.2, 0.25) is 0 Å². The molecule has 4 heteroatoms. The van der Waals surface area contributed by atoms with Gasteiger partial charge in [0.1, 0.15) is 0 Å². The van der Waals surface area contributed by atoms with Gasteiger partial charge in [-0.2, -0.15) is 0 Å². The average Bonchev–Trinajstić information content (AvgIpc) is 2.60. The zero-order valence-corrected chi connectivity index (χ0v) is 9.92. The molecular formula is C11H17NO2S. The maximum Gasteiger partial charge on any atom is 0.0901 e. The Morgan fingerprint density at radius 2 is 2.33 bits per heavy atom. The lowest BCUT2D eigenvalue weighted by molar-refractivity contribution is 0.202. The molecule has 0 saturated carbocycles. The molecule has 0 bridgehead atoms. The molecule has 1 aromatic heterocycles. The van der Waals surface area contributed by atoms with Crippen molar-refractivity contribution < 1.29 is 10.2 Å². The third-order valence-corrected chi connectivity index (χ3v) is 3.15. The molecule has 0 spiro atoms. The highest BCUT2D eigenvalue weighted by Crippen LogP contribution is 2.18. The van der Waals surface area contributed by atoms with Crippen LogP contribution in [0.1, 0.15) is 24.0 Å². The Hall–Kier alpha value is -0.710. The third kappa shape index (κ3) is 3.74. The predicted molar refractivity (Wildman–Crippen MR) is 62.8 cm³/mol. The minimum atomic E-state index is 0.0389. The first-order chi connectivity index (χ1) is 7.17. The number of thiazole rings is 1. The van der Waals surface area contributed by atoms with Crippen LogP contribution in [0.25, 0.3) is 6.08 Å². The Labute approximate surface area is 94.1 Å². The summed E-state index contributed by atoms with van der Waals surface area (Å²) in [4.78, 5) is 4.33. The summed E-state index contributed by atoms with van der Waals surface area (Å²) in [5.74, 6) is 0.0389. The van der Waals surface area contributed by atoms with Crippen molar-refractivity contribution in [3.63, 3.8) is 0 Å². The summed E-state index contributed by atoms with van der Waals surface area (Å²) in [7, 11) is 0. The van der Waals surface area contributed by atoms with E-state index in [4.69, 9.17) is 10.2 Å². The molecule has 1 heterocycles. The number of aromatic nitrogens is 1. The summed E-state index contributed by atoms with van der Waals surface area (Å²) >= 11 is 1.61. The number of hydrogen-bond donors (Lipinski definition) is 2. The normalized spacial score (nSPS) is 14.3. The highest BCUT2D eigenvalue weighted by atomic mass is 32.1. The lowest BCUT2D eigenvalue weighted by atomic mass is 9.97. The van der Waals surface area contributed by atoms with Gasteiger partial charge >= 0.3 is 0 Å². The lowest BCUT2D eigenvalue weighted by Crippen LogP contribution is -2.09. The Morgan fingerprint density at radius 3 is 2.80 bits per heavy atom. The molecule has 1 aromatic rings. The van der Waals surface area contributed by atoms with E-state index < -0.39 is 0 Å². The molecule has 0 aromatic carbocycles. The number of rotatable bonds is 5. The van der Waals surface area contributed by atoms with E-state index in [9.17, 15) is 0 Å². The van der Waals surface area contributed by atoms with Crippen LogP contribution >= 0.6 is 11.3 Å². The predicted octanol–water partition coefficient (Wildman–Crippen LogP) is 1.85. The summed E-state index contributed by atoms with van der Waals surface area (Å²) in [6.07, 6.45) is 2.57. The highest BCUT2D eigenvalue weighted by Gasteiger charge is 2.09. The van der Waals surface area contributed by atoms with Gasteiger partial charge in [0.15, 0.2) is 0 Å². The molecule has 0 radical (unpaired) electrons. The summed E-state index contributed by atoms with van der Waals surface area (Å²) in [6.45, 7) is 4.11. The number of aryl methyl sites for hydroxylation is 1. The molecule has 0 unspecified atom stereocenters. The lowest BCUT2D eigenvalue weighted by Gasteiger charge is -2.12. The maximum absolute atomic E-state index is 9.14. The first-order valence-electron chi connectivity index (χ1n) is 4.99. The van der Waals surface area contributed by atoms with E-state index in [0.717, 1.165) is 16.3 Å². The van der Waals surface area contributed by atoms with Crippen LogP contribution in [0.3, 0.4) is 0 Å². The highest BCUT2D eigenvalue weighted by molar-refractivity contribution is 7.09. The molecule has 1 atom stereocenters. The maximum atomic E-state index is 9.14. The molecule has 2 N–H and O–H groups in total. The fraction of sp³-hybridized carbons (Fsp3) is 0.545. The fourth-order valence-corrected chi connectivity index (χ4v) is 1.99. The van der Waals surface area contributed by atoms with Gasteiger partial charge in [0.05, 0.1) is 10.7 Å². The Morgan fingerprint density at radius 1 is 1.60 bits per heavy atom. The Kier molecular flexibility index (Phi) is 4.94. The summed E-state index contributed by atoms with van der Waals surface area (Å²) < 4.78 is 0. The molecule has 3 nitrogen and oxygen atoms in total. The fourth-order valence-electron chi connectivity index (χ4n) is 1.42. The first-order valence-corrected chi connectivity index (χ1v) is 5.87. The number of hydrogen-bond acceptors (Lipinski definition) is 4. The van der Waals surface area contributed by atoms with E-state index in [1.807, 2.05) is 25.3 Å². The van der Waals surface area contributed by atoms with Crippen molar-refractivity contribution in [2.45, 2.75) is 20.3 Å². The average molecular weight is 227 g/mol. The van der Waals surface area contributed by atoms with Crippen LogP contribution in [0.2, 0.25) is 0 Å². The van der Waals surface area contributed by atoms with E-state index >= 15 is 0 Å². The Bertz CT molecular complexity index is 333. The summed E-state index contributed by atoms with van der Waals surface area (Å²) in [6, 6.07) is 0. The first kappa shape index (κ1) is 12.4. The number of aliphatic hydroxyl groups is 2. The zero-order valence-electron chi connectivity index (χ0n) is 9.10. The molecule has 0 aliphatic rings. The molecule has 0 saturated heterocycles. The van der Waals surface area contributed by atoms with Crippen LogP contribution in [0.5, 0.6) is 0 Å². The van der Waals surface area contributed by atoms with Crippen molar-refractivity contribution in [3.05, 3.63) is 21.7 Å². The SMILES string of the molecule is C/C(=C\c1csc(C)n1)[C@@H](CO)CCO. The molecule has 0 fully saturated rings. The van der Waals surface area contributed by atoms with Crippen LogP contribution in [-0.2, 0) is 0 Å². The standard InChI is InChI=1S/C11H17NO2S/c1-8(10(6-14)3-4-13)5-11-7-15-9(2)12-11/h5,7,10,13-14H,3-4,6H2,1-2H3/b8-5+/t10-/m1/s1. The van der Waals surface area contributed by atoms with Crippen LogP contribution in [0.15, 0.2) is 11.0 Å². The van der Waals surface area contributed by atoms with Gasteiger partial charge in [0, 0.05) is 24.5 Å². The molecule has 15 heavy (non-hydrogen) atoms. The Balaban J connectivity index is 2.72. The second-order valence-corrected chi connectivity index (χ2v) is 4.63. The van der Waals surface area contributed by atoms with Crippen LogP contribution < -0.4 is 0 Å². The van der Waals surface area contributed by atoms with Gasteiger partial charge < -0.3 is 10.2 Å². The molecule has 0 amide bonds. The summed E-state index contributed by atoms with van der Waals surface area (Å²) in [5, 5.41) is 21.0. The van der Waals surface area contributed by atoms with E-state index in [1.54, 1.807) is 11.3 Å². The monoisotopic (exact) mass is 227 g/mol. The van der Waals surface area contributed by atoms with Crippen molar-refractivity contribution in [3.8, 4) is 0 Å². The summed E-state index contributed by atoms with van der Waals surface area (Å²) in [5.41, 5.74) is 2.00. The van der Waals surface area contributed by atoms with E-state index in [2.05, 4.69) is 4.98 Å². The van der Waals surface area contributed by atoms with Gasteiger partial charge in [-0.3, -0.25) is 0 Å². The van der Waals surface area contributed by atoms with Gasteiger partial charge in [-0.15, -0.1) is 11.3 Å². The van der Waals surface area contributed by atoms with E-state index in [0.29, 0.717) is 6.42 Å². The van der Waals surface area contributed by atoms with E-state index in [-0.39, 0.29) is 19.1 Å². The van der Waals surface area contributed by atoms with Gasteiger partial charge in [-0.25, -0.2) is 4.98 Å². The van der Waals surface area contributed by atoms with Gasteiger partial charge in [-0.1, -0.05) is 5.57 Å². The molecule has 0 aliphatic carbocycles. The van der Waals surface area contributed by atoms with E-state index in [1.165, 1.54) is 0 Å². The van der Waals surface area contributed by atoms with Crippen molar-refractivity contribution >= 4 is 17.4 Å². The third-order valence-electron chi connectivity index (χ3n) is 2.35. The smallest absolute Gasteiger partial charge is 0.0901 e. The minimum Gasteiger partial charge on any atom is -0.396 e. The minimum absolute atomic E-state index is 0.0389. The number of aliphatic hydroxyl groups excluding tert-OH is 2. The quantitative estimate of drug-likeness (QED) is 0.807. The van der Waals surface area contributed by atoms with Crippen LogP contribution in [0, 0.1) is 12.8 Å². The van der Waals surface area contributed by atoms with Gasteiger partial charge in [-0.05, 0) is 26.3 Å². The van der Waals surface area contributed by atoms with Crippen molar-refractivity contribution in [2.24, 2.45) is 5.92 Å².